The molecule has 1 aliphatic carbocycles. The quantitative estimate of drug-likeness (QED) is 0.390. The zero-order chi connectivity index (χ0) is 22.1. The van der Waals surface area contributed by atoms with Gasteiger partial charge < -0.3 is 4.74 Å². The zero-order valence-electron chi connectivity index (χ0n) is 18.3. The predicted octanol–water partition coefficient (Wildman–Crippen LogP) is 5.41. The summed E-state index contributed by atoms with van der Waals surface area (Å²) in [7, 11) is 1.31. The number of allylic oxidation sites excluding steroid dienone is 2. The zero-order valence-corrected chi connectivity index (χ0v) is 18.3. The molecular weight excluding hydrogens is 359 g/mol. The summed E-state index contributed by atoms with van der Waals surface area (Å²) in [5.41, 5.74) is -0.200. The van der Waals surface area contributed by atoms with Gasteiger partial charge in [-0.05, 0) is 36.0 Å². The van der Waals surface area contributed by atoms with Gasteiger partial charge in [-0.1, -0.05) is 60.6 Å². The summed E-state index contributed by atoms with van der Waals surface area (Å²) in [4.78, 5) is 34.1. The molecule has 28 heavy (non-hydrogen) atoms. The number of benzene rings is 1. The molecule has 1 aliphatic rings. The Labute approximate surface area is 168 Å². The second-order valence-corrected chi connectivity index (χ2v) is 7.23. The Hall–Kier alpha value is -2.30. The fourth-order valence-electron chi connectivity index (χ4n) is 3.36. The molecule has 1 fully saturated rings. The fraction of sp³-hybridized carbons (Fsp3) is 0.522. The molecule has 0 amide bonds. The minimum atomic E-state index is -0.556. The van der Waals surface area contributed by atoms with E-state index >= 15 is 0 Å². The monoisotopic (exact) mass is 392 g/mol. The van der Waals surface area contributed by atoms with E-state index in [1.165, 1.54) is 25.3 Å². The molecule has 0 bridgehead atoms. The molecule has 2 rings (SSSR count). The predicted molar refractivity (Wildman–Crippen MR) is 110 cm³/mol. The number of methoxy groups -OCH3 is 1. The summed E-state index contributed by atoms with van der Waals surface area (Å²) >= 11 is 0. The Morgan fingerprint density at radius 2 is 1.71 bits per heavy atom. The third-order valence-electron chi connectivity index (χ3n) is 5.96. The summed E-state index contributed by atoms with van der Waals surface area (Å²) in [6, 6.07) is 5.86. The molecule has 2 atom stereocenters. The van der Waals surface area contributed by atoms with Crippen LogP contribution in [-0.2, 0) is 14.3 Å². The van der Waals surface area contributed by atoms with E-state index < -0.39 is 17.0 Å². The molecule has 1 aromatic carbocycles. The molecule has 0 radical (unpaired) electrons. The molecule has 1 unspecified atom stereocenters. The van der Waals surface area contributed by atoms with Gasteiger partial charge in [0, 0.05) is 11.0 Å². The van der Waals surface area contributed by atoms with Crippen LogP contribution in [0.25, 0.3) is 0 Å². The highest BCUT2D eigenvalue weighted by Gasteiger charge is 2.57. The molecule has 156 valence electrons. The average molecular weight is 393 g/mol. The van der Waals surface area contributed by atoms with Gasteiger partial charge in [-0.3, -0.25) is 14.4 Å². The molecule has 0 saturated heterocycles. The van der Waals surface area contributed by atoms with Gasteiger partial charge in [0.2, 0.25) is 0 Å². The maximum absolute atomic E-state index is 13.7. The van der Waals surface area contributed by atoms with Crippen molar-refractivity contribution in [2.45, 2.75) is 54.9 Å². The van der Waals surface area contributed by atoms with Crippen molar-refractivity contribution in [3.05, 3.63) is 47.3 Å². The van der Waals surface area contributed by atoms with E-state index in [9.17, 15) is 14.0 Å². The van der Waals surface area contributed by atoms with Crippen LogP contribution in [0.3, 0.4) is 0 Å². The largest absolute Gasteiger partial charge is 0.471 e. The first-order valence-corrected chi connectivity index (χ1v) is 9.60. The van der Waals surface area contributed by atoms with Gasteiger partial charge in [0.1, 0.15) is 5.82 Å². The first-order valence-electron chi connectivity index (χ1n) is 9.60. The van der Waals surface area contributed by atoms with Gasteiger partial charge in [-0.15, -0.1) is 0 Å². The standard InChI is InChI=1S/C19H23FO2.C2H4O2.C2H6/c1-6-19(5)17(22)14(12(2)18(19,3)4)11-16(21)13-9-7-8-10-15(13)20;1-4-2-3;1-2/h7-12H,6H2,1-5H3;2H,1H3;1-2H3/b14-11-;;/t12?,19-;;/m1../s1. The molecular formula is C23H33FO4. The number of Topliss-reactive ketones (excluding diaryl/α,β-unsaturated/α-hetero) is 1. The highest BCUT2D eigenvalue weighted by molar-refractivity contribution is 6.12. The normalized spacial score (nSPS) is 23.8. The van der Waals surface area contributed by atoms with Gasteiger partial charge in [0.25, 0.3) is 6.47 Å². The van der Waals surface area contributed by atoms with E-state index in [0.717, 1.165) is 0 Å². The van der Waals surface area contributed by atoms with Crippen LogP contribution in [-0.4, -0.2) is 25.1 Å². The molecule has 5 heteroatoms. The lowest BCUT2D eigenvalue weighted by Crippen LogP contribution is -2.36. The first-order chi connectivity index (χ1) is 13.1. The number of hydrogen-bond acceptors (Lipinski definition) is 4. The number of rotatable bonds is 4. The lowest BCUT2D eigenvalue weighted by atomic mass is 9.64. The number of hydrogen-bond donors (Lipinski definition) is 0. The van der Waals surface area contributed by atoms with Crippen LogP contribution in [0, 0.1) is 22.6 Å². The lowest BCUT2D eigenvalue weighted by molar-refractivity contribution is -0.126. The Morgan fingerprint density at radius 1 is 1.21 bits per heavy atom. The molecule has 0 spiro atoms. The molecule has 0 aliphatic heterocycles. The van der Waals surface area contributed by atoms with E-state index in [4.69, 9.17) is 4.79 Å². The summed E-state index contributed by atoms with van der Waals surface area (Å²) in [5, 5.41) is 0. The van der Waals surface area contributed by atoms with E-state index in [1.807, 2.05) is 34.6 Å². The molecule has 0 aromatic heterocycles. The highest BCUT2D eigenvalue weighted by Crippen LogP contribution is 2.57. The van der Waals surface area contributed by atoms with Crippen molar-refractivity contribution in [3.63, 3.8) is 0 Å². The van der Waals surface area contributed by atoms with Crippen molar-refractivity contribution in [1.29, 1.82) is 0 Å². The third kappa shape index (κ3) is 4.94. The van der Waals surface area contributed by atoms with Gasteiger partial charge in [-0.2, -0.15) is 0 Å². The van der Waals surface area contributed by atoms with E-state index in [0.29, 0.717) is 18.5 Å². The van der Waals surface area contributed by atoms with Crippen LogP contribution >= 0.6 is 0 Å². The van der Waals surface area contributed by atoms with Crippen molar-refractivity contribution in [2.24, 2.45) is 16.7 Å². The van der Waals surface area contributed by atoms with Gasteiger partial charge in [0.15, 0.2) is 11.6 Å². The Morgan fingerprint density at radius 3 is 2.11 bits per heavy atom. The second kappa shape index (κ2) is 10.9. The van der Waals surface area contributed by atoms with Crippen LogP contribution in [0.4, 0.5) is 4.39 Å². The van der Waals surface area contributed by atoms with Crippen LogP contribution < -0.4 is 0 Å². The maximum atomic E-state index is 13.7. The van der Waals surface area contributed by atoms with E-state index in [-0.39, 0.29) is 22.7 Å². The number of carbonyl (C=O) groups excluding carboxylic acids is 3. The topological polar surface area (TPSA) is 60.4 Å². The molecule has 4 nitrogen and oxygen atoms in total. The number of ether oxygens (including phenoxy) is 1. The minimum Gasteiger partial charge on any atom is -0.471 e. The first kappa shape index (κ1) is 25.7. The molecule has 0 N–H and O–H groups in total. The van der Waals surface area contributed by atoms with Crippen LogP contribution in [0.5, 0.6) is 0 Å². The van der Waals surface area contributed by atoms with E-state index in [2.05, 4.69) is 18.6 Å². The number of halogens is 1. The van der Waals surface area contributed by atoms with Crippen molar-refractivity contribution in [1.82, 2.24) is 0 Å². The second-order valence-electron chi connectivity index (χ2n) is 7.23. The van der Waals surface area contributed by atoms with Crippen molar-refractivity contribution in [3.8, 4) is 0 Å². The number of ketones is 2. The Kier molecular flexibility index (Phi) is 9.99. The fourth-order valence-corrected chi connectivity index (χ4v) is 3.36. The van der Waals surface area contributed by atoms with E-state index in [1.54, 1.807) is 12.1 Å². The van der Waals surface area contributed by atoms with Crippen molar-refractivity contribution >= 4 is 18.0 Å². The third-order valence-corrected chi connectivity index (χ3v) is 5.96. The lowest BCUT2D eigenvalue weighted by Gasteiger charge is -2.38. The van der Waals surface area contributed by atoms with Crippen molar-refractivity contribution in [2.75, 3.05) is 7.11 Å². The number of carbonyl (C=O) groups is 3. The summed E-state index contributed by atoms with van der Waals surface area (Å²) in [5.74, 6) is -1.03. The van der Waals surface area contributed by atoms with Crippen molar-refractivity contribution < 1.29 is 23.5 Å². The summed E-state index contributed by atoms with van der Waals surface area (Å²) < 4.78 is 17.6. The van der Waals surface area contributed by atoms with Crippen LogP contribution in [0.15, 0.2) is 35.9 Å². The van der Waals surface area contributed by atoms with Crippen LogP contribution in [0.1, 0.15) is 65.2 Å². The SMILES string of the molecule is CC.CC[C@]1(C)C(=O)/C(=C\C(=O)c2ccccc2F)C(C)C1(C)C.COC=O. The van der Waals surface area contributed by atoms with Gasteiger partial charge >= 0.3 is 0 Å². The van der Waals surface area contributed by atoms with Crippen LogP contribution in [0.2, 0.25) is 0 Å². The van der Waals surface area contributed by atoms with Gasteiger partial charge in [0.05, 0.1) is 12.7 Å². The molecule has 1 saturated carbocycles. The summed E-state index contributed by atoms with van der Waals surface area (Å²) in [6.45, 7) is 14.4. The minimum absolute atomic E-state index is 0.0113. The smallest absolute Gasteiger partial charge is 0.292 e. The van der Waals surface area contributed by atoms with Gasteiger partial charge in [-0.25, -0.2) is 4.39 Å². The maximum Gasteiger partial charge on any atom is 0.292 e. The Bertz CT molecular complexity index is 721. The molecule has 0 heterocycles. The highest BCUT2D eigenvalue weighted by atomic mass is 19.1. The average Bonchev–Trinajstić information content (AvgIpc) is 2.83. The Balaban J connectivity index is 0.00000108. The summed E-state index contributed by atoms with van der Waals surface area (Å²) in [6.07, 6.45) is 2.06. The molecule has 1 aromatic rings.